The topological polar surface area (TPSA) is 74.8 Å². The zero-order valence-electron chi connectivity index (χ0n) is 15.2. The van der Waals surface area contributed by atoms with Crippen LogP contribution in [0.4, 0.5) is 8.78 Å². The van der Waals surface area contributed by atoms with Crippen molar-refractivity contribution in [3.63, 3.8) is 0 Å². The summed E-state index contributed by atoms with van der Waals surface area (Å²) >= 11 is 11.9. The molecule has 1 fully saturated rings. The van der Waals surface area contributed by atoms with Crippen molar-refractivity contribution in [3.8, 4) is 5.75 Å². The standard InChI is InChI=1S/C17H22Cl2F2N4O2.HI/c1-2-22-17(24-6-5-23-15(26)10-3-4-10)25-9-11-7-12(18)8-13(19)14(11)27-16(20)21;/h7-8,10,16H,2-6,9H2,1H3,(H,23,26)(H2,22,24,25);1H. The van der Waals surface area contributed by atoms with Crippen LogP contribution in [-0.2, 0) is 11.3 Å². The maximum atomic E-state index is 12.6. The quantitative estimate of drug-likeness (QED) is 0.189. The molecule has 1 aromatic rings. The highest BCUT2D eigenvalue weighted by atomic mass is 127. The number of guanidine groups is 1. The summed E-state index contributed by atoms with van der Waals surface area (Å²) in [5.74, 6) is 0.554. The maximum Gasteiger partial charge on any atom is 0.387 e. The summed E-state index contributed by atoms with van der Waals surface area (Å²) in [4.78, 5) is 15.9. The molecule has 0 saturated heterocycles. The van der Waals surface area contributed by atoms with E-state index in [1.165, 1.54) is 12.1 Å². The first-order chi connectivity index (χ1) is 12.9. The van der Waals surface area contributed by atoms with E-state index in [-0.39, 0.29) is 53.1 Å². The molecule has 6 nitrogen and oxygen atoms in total. The first-order valence-electron chi connectivity index (χ1n) is 8.63. The molecular formula is C17H23Cl2F2IN4O2. The summed E-state index contributed by atoms with van der Waals surface area (Å²) < 4.78 is 29.7. The van der Waals surface area contributed by atoms with Crippen LogP contribution < -0.4 is 20.7 Å². The van der Waals surface area contributed by atoms with Crippen LogP contribution in [0.15, 0.2) is 17.1 Å². The van der Waals surface area contributed by atoms with E-state index >= 15 is 0 Å². The van der Waals surface area contributed by atoms with Crippen molar-refractivity contribution >= 4 is 59.0 Å². The van der Waals surface area contributed by atoms with Gasteiger partial charge in [0.1, 0.15) is 5.75 Å². The van der Waals surface area contributed by atoms with Gasteiger partial charge in [0.15, 0.2) is 5.96 Å². The second-order valence-corrected chi connectivity index (χ2v) is 6.79. The van der Waals surface area contributed by atoms with E-state index in [4.69, 9.17) is 23.2 Å². The number of nitrogens with zero attached hydrogens (tertiary/aromatic N) is 1. The number of hydrogen-bond acceptors (Lipinski definition) is 3. The Labute approximate surface area is 189 Å². The van der Waals surface area contributed by atoms with Gasteiger partial charge in [-0.1, -0.05) is 23.2 Å². The molecule has 0 aliphatic heterocycles. The fraction of sp³-hybridized carbons (Fsp3) is 0.529. The number of amides is 1. The Morgan fingerprint density at radius 3 is 2.54 bits per heavy atom. The minimum Gasteiger partial charge on any atom is -0.433 e. The van der Waals surface area contributed by atoms with Crippen molar-refractivity contribution in [1.82, 2.24) is 16.0 Å². The number of carbonyl (C=O) groups excluding carboxylic acids is 1. The zero-order valence-corrected chi connectivity index (χ0v) is 19.1. The Morgan fingerprint density at radius 1 is 1.25 bits per heavy atom. The first kappa shape index (κ1) is 25.0. The minimum atomic E-state index is -3.01. The van der Waals surface area contributed by atoms with Crippen molar-refractivity contribution in [2.75, 3.05) is 19.6 Å². The van der Waals surface area contributed by atoms with Gasteiger partial charge in [0.2, 0.25) is 5.91 Å². The van der Waals surface area contributed by atoms with Gasteiger partial charge >= 0.3 is 6.61 Å². The molecule has 0 spiro atoms. The molecule has 3 N–H and O–H groups in total. The van der Waals surface area contributed by atoms with Crippen molar-refractivity contribution in [2.24, 2.45) is 10.9 Å². The van der Waals surface area contributed by atoms with Gasteiger partial charge in [-0.3, -0.25) is 4.79 Å². The van der Waals surface area contributed by atoms with Gasteiger partial charge in [0, 0.05) is 36.1 Å². The Kier molecular flexibility index (Phi) is 11.1. The average molecular weight is 551 g/mol. The molecule has 0 atom stereocenters. The SMILES string of the molecule is CCNC(=NCc1cc(Cl)cc(Cl)c1OC(F)F)NCCNC(=O)C1CC1.I. The van der Waals surface area contributed by atoms with E-state index in [2.05, 4.69) is 25.7 Å². The van der Waals surface area contributed by atoms with Crippen molar-refractivity contribution in [2.45, 2.75) is 32.9 Å². The number of carbonyl (C=O) groups is 1. The monoisotopic (exact) mass is 550 g/mol. The number of alkyl halides is 2. The highest BCUT2D eigenvalue weighted by molar-refractivity contribution is 14.0. The molecule has 158 valence electrons. The smallest absolute Gasteiger partial charge is 0.387 e. The lowest BCUT2D eigenvalue weighted by Gasteiger charge is -2.14. The minimum absolute atomic E-state index is 0. The molecule has 2 rings (SSSR count). The van der Waals surface area contributed by atoms with Crippen LogP contribution >= 0.6 is 47.2 Å². The van der Waals surface area contributed by atoms with Crippen LogP contribution in [0.1, 0.15) is 25.3 Å². The van der Waals surface area contributed by atoms with E-state index < -0.39 is 6.61 Å². The number of halogens is 5. The van der Waals surface area contributed by atoms with E-state index in [0.29, 0.717) is 36.2 Å². The Balaban J connectivity index is 0.00000392. The molecule has 1 amide bonds. The van der Waals surface area contributed by atoms with Crippen molar-refractivity contribution in [3.05, 3.63) is 27.7 Å². The highest BCUT2D eigenvalue weighted by Crippen LogP contribution is 2.34. The molecule has 1 saturated carbocycles. The number of rotatable bonds is 9. The molecule has 11 heteroatoms. The van der Waals surface area contributed by atoms with Crippen LogP contribution in [0.25, 0.3) is 0 Å². The molecule has 0 aromatic heterocycles. The summed E-state index contributed by atoms with van der Waals surface area (Å²) in [7, 11) is 0. The molecule has 1 aliphatic carbocycles. The predicted molar refractivity (Wildman–Crippen MR) is 117 cm³/mol. The van der Waals surface area contributed by atoms with E-state index in [0.717, 1.165) is 12.8 Å². The fourth-order valence-electron chi connectivity index (χ4n) is 2.31. The van der Waals surface area contributed by atoms with Gasteiger partial charge in [-0.2, -0.15) is 8.78 Å². The molecule has 0 heterocycles. The largest absolute Gasteiger partial charge is 0.433 e. The molecule has 28 heavy (non-hydrogen) atoms. The van der Waals surface area contributed by atoms with Gasteiger partial charge < -0.3 is 20.7 Å². The highest BCUT2D eigenvalue weighted by Gasteiger charge is 2.28. The Morgan fingerprint density at radius 2 is 1.93 bits per heavy atom. The normalized spacial score (nSPS) is 13.7. The maximum absolute atomic E-state index is 12.6. The summed E-state index contributed by atoms with van der Waals surface area (Å²) in [5.41, 5.74) is 0.340. The average Bonchev–Trinajstić information content (AvgIpc) is 3.43. The molecule has 0 unspecified atom stereocenters. The number of aliphatic imine (C=N–C) groups is 1. The lowest BCUT2D eigenvalue weighted by atomic mass is 10.2. The van der Waals surface area contributed by atoms with Gasteiger partial charge in [-0.15, -0.1) is 24.0 Å². The van der Waals surface area contributed by atoms with E-state index in [1.54, 1.807) is 0 Å². The van der Waals surface area contributed by atoms with Crippen LogP contribution in [0, 0.1) is 5.92 Å². The number of ether oxygens (including phenoxy) is 1. The molecule has 1 aromatic carbocycles. The van der Waals surface area contributed by atoms with Crippen LogP contribution in [0.5, 0.6) is 5.75 Å². The summed E-state index contributed by atoms with van der Waals surface area (Å²) in [6, 6.07) is 2.81. The summed E-state index contributed by atoms with van der Waals surface area (Å²) in [6.45, 7) is 0.466. The lowest BCUT2D eigenvalue weighted by Crippen LogP contribution is -2.41. The van der Waals surface area contributed by atoms with Crippen LogP contribution in [0.3, 0.4) is 0 Å². The molecule has 0 radical (unpaired) electrons. The summed E-state index contributed by atoms with van der Waals surface area (Å²) in [5, 5.41) is 9.23. The third-order valence-corrected chi connectivity index (χ3v) is 4.21. The zero-order chi connectivity index (χ0) is 19.8. The van der Waals surface area contributed by atoms with E-state index in [9.17, 15) is 13.6 Å². The third kappa shape index (κ3) is 8.52. The summed E-state index contributed by atoms with van der Waals surface area (Å²) in [6.07, 6.45) is 1.91. The first-order valence-corrected chi connectivity index (χ1v) is 9.39. The number of benzene rings is 1. The van der Waals surface area contributed by atoms with Gasteiger partial charge in [-0.25, -0.2) is 4.99 Å². The van der Waals surface area contributed by atoms with Gasteiger partial charge in [0.25, 0.3) is 0 Å². The van der Waals surface area contributed by atoms with Gasteiger partial charge in [-0.05, 0) is 31.9 Å². The molecule has 0 bridgehead atoms. The second kappa shape index (κ2) is 12.5. The predicted octanol–water partition coefficient (Wildman–Crippen LogP) is 3.79. The van der Waals surface area contributed by atoms with Crippen LogP contribution in [0.2, 0.25) is 10.0 Å². The Hall–Kier alpha value is -1.07. The second-order valence-electron chi connectivity index (χ2n) is 5.94. The number of hydrogen-bond donors (Lipinski definition) is 3. The van der Waals surface area contributed by atoms with Crippen molar-refractivity contribution in [1.29, 1.82) is 0 Å². The van der Waals surface area contributed by atoms with E-state index in [1.807, 2.05) is 6.92 Å². The van der Waals surface area contributed by atoms with Crippen LogP contribution in [-0.4, -0.2) is 38.1 Å². The fourth-order valence-corrected chi connectivity index (χ4v) is 2.89. The van der Waals surface area contributed by atoms with Crippen molar-refractivity contribution < 1.29 is 18.3 Å². The third-order valence-electron chi connectivity index (χ3n) is 3.71. The Bertz CT molecular complexity index is 691. The molecular weight excluding hydrogens is 528 g/mol. The number of nitrogens with one attached hydrogen (secondary N) is 3. The van der Waals surface area contributed by atoms with Gasteiger partial charge in [0.05, 0.1) is 11.6 Å². The lowest BCUT2D eigenvalue weighted by molar-refractivity contribution is -0.122. The molecule has 1 aliphatic rings.